The van der Waals surface area contributed by atoms with Gasteiger partial charge in [-0.25, -0.2) is 0 Å². The van der Waals surface area contributed by atoms with E-state index in [0.717, 1.165) is 10.0 Å². The standard InChI is InChI=1S/C15H13BrCl2N2O/c1-9-2-4-11(17)7-13(9)20-15(21)8-19-14-6-10(16)3-5-12(14)18/h2-7,19H,8H2,1H3,(H,20,21). The topological polar surface area (TPSA) is 41.1 Å². The lowest BCUT2D eigenvalue weighted by atomic mass is 10.2. The Hall–Kier alpha value is -1.23. The first-order chi connectivity index (χ1) is 9.95. The Morgan fingerprint density at radius 3 is 2.67 bits per heavy atom. The molecule has 110 valence electrons. The van der Waals surface area contributed by atoms with Gasteiger partial charge in [-0.05, 0) is 42.8 Å². The molecule has 0 aliphatic heterocycles. The maximum Gasteiger partial charge on any atom is 0.243 e. The van der Waals surface area contributed by atoms with E-state index in [1.165, 1.54) is 0 Å². The summed E-state index contributed by atoms with van der Waals surface area (Å²) < 4.78 is 0.889. The van der Waals surface area contributed by atoms with Crippen LogP contribution in [0.25, 0.3) is 0 Å². The second kappa shape index (κ2) is 7.16. The van der Waals surface area contributed by atoms with E-state index in [4.69, 9.17) is 23.2 Å². The molecule has 0 aromatic heterocycles. The van der Waals surface area contributed by atoms with Gasteiger partial charge in [0.1, 0.15) is 0 Å². The van der Waals surface area contributed by atoms with Gasteiger partial charge in [0, 0.05) is 15.2 Å². The zero-order valence-corrected chi connectivity index (χ0v) is 14.3. The van der Waals surface area contributed by atoms with Gasteiger partial charge < -0.3 is 10.6 Å². The summed E-state index contributed by atoms with van der Waals surface area (Å²) in [7, 11) is 0. The van der Waals surface area contributed by atoms with Crippen molar-refractivity contribution in [3.8, 4) is 0 Å². The molecule has 2 aromatic carbocycles. The van der Waals surface area contributed by atoms with Crippen molar-refractivity contribution in [2.75, 3.05) is 17.2 Å². The second-order valence-electron chi connectivity index (χ2n) is 4.49. The van der Waals surface area contributed by atoms with Gasteiger partial charge in [-0.2, -0.15) is 0 Å². The van der Waals surface area contributed by atoms with E-state index in [9.17, 15) is 4.79 Å². The molecular formula is C15H13BrCl2N2O. The van der Waals surface area contributed by atoms with Gasteiger partial charge in [0.05, 0.1) is 17.3 Å². The summed E-state index contributed by atoms with van der Waals surface area (Å²) in [6.45, 7) is 2.02. The molecule has 0 spiro atoms. The van der Waals surface area contributed by atoms with Crippen LogP contribution < -0.4 is 10.6 Å². The molecule has 0 radical (unpaired) electrons. The van der Waals surface area contributed by atoms with Crippen molar-refractivity contribution in [2.45, 2.75) is 6.92 Å². The third-order valence-corrected chi connectivity index (χ3v) is 3.90. The van der Waals surface area contributed by atoms with Gasteiger partial charge in [0.25, 0.3) is 0 Å². The van der Waals surface area contributed by atoms with Gasteiger partial charge >= 0.3 is 0 Å². The Labute approximate surface area is 141 Å². The van der Waals surface area contributed by atoms with E-state index in [1.54, 1.807) is 18.2 Å². The fraction of sp³-hybridized carbons (Fsp3) is 0.133. The van der Waals surface area contributed by atoms with Crippen LogP contribution in [-0.2, 0) is 4.79 Å². The Morgan fingerprint density at radius 2 is 1.90 bits per heavy atom. The van der Waals surface area contributed by atoms with Crippen LogP contribution in [0.15, 0.2) is 40.9 Å². The Bertz CT molecular complexity index is 677. The molecule has 0 unspecified atom stereocenters. The van der Waals surface area contributed by atoms with Crippen LogP contribution in [0.2, 0.25) is 10.0 Å². The number of rotatable bonds is 4. The minimum absolute atomic E-state index is 0.113. The zero-order valence-electron chi connectivity index (χ0n) is 11.2. The van der Waals surface area contributed by atoms with Crippen LogP contribution in [0, 0.1) is 6.92 Å². The van der Waals surface area contributed by atoms with Gasteiger partial charge in [0.2, 0.25) is 5.91 Å². The van der Waals surface area contributed by atoms with Gasteiger partial charge in [0.15, 0.2) is 0 Å². The molecule has 2 aromatic rings. The Kier molecular flexibility index (Phi) is 5.51. The summed E-state index contributed by atoms with van der Waals surface area (Å²) in [6.07, 6.45) is 0. The molecule has 0 atom stereocenters. The lowest BCUT2D eigenvalue weighted by Crippen LogP contribution is -2.22. The van der Waals surface area contributed by atoms with Crippen molar-refractivity contribution in [1.29, 1.82) is 0 Å². The minimum atomic E-state index is -0.170. The predicted molar refractivity (Wildman–Crippen MR) is 92.5 cm³/mol. The van der Waals surface area contributed by atoms with Crippen LogP contribution in [0.1, 0.15) is 5.56 Å². The Balaban J connectivity index is 1.99. The van der Waals surface area contributed by atoms with Crippen molar-refractivity contribution >= 4 is 56.4 Å². The van der Waals surface area contributed by atoms with Crippen LogP contribution in [0.5, 0.6) is 0 Å². The molecule has 0 saturated heterocycles. The van der Waals surface area contributed by atoms with Crippen molar-refractivity contribution in [2.24, 2.45) is 0 Å². The number of halogens is 3. The molecule has 0 fully saturated rings. The summed E-state index contributed by atoms with van der Waals surface area (Å²) >= 11 is 15.3. The third kappa shape index (κ3) is 4.63. The maximum atomic E-state index is 12.0. The molecule has 1 amide bonds. The smallest absolute Gasteiger partial charge is 0.243 e. The molecular weight excluding hydrogens is 375 g/mol. The number of carbonyl (C=O) groups excluding carboxylic acids is 1. The average Bonchev–Trinajstić information content (AvgIpc) is 2.44. The molecule has 0 aliphatic carbocycles. The molecule has 21 heavy (non-hydrogen) atoms. The number of amides is 1. The van der Waals surface area contributed by atoms with Crippen LogP contribution >= 0.6 is 39.1 Å². The highest BCUT2D eigenvalue weighted by Gasteiger charge is 2.07. The maximum absolute atomic E-state index is 12.0. The summed E-state index contributed by atoms with van der Waals surface area (Å²) in [5.41, 5.74) is 2.35. The normalized spacial score (nSPS) is 10.3. The zero-order chi connectivity index (χ0) is 15.4. The van der Waals surface area contributed by atoms with Crippen molar-refractivity contribution in [3.05, 3.63) is 56.5 Å². The van der Waals surface area contributed by atoms with E-state index >= 15 is 0 Å². The number of nitrogens with one attached hydrogen (secondary N) is 2. The molecule has 2 N–H and O–H groups in total. The molecule has 6 heteroatoms. The first kappa shape index (κ1) is 16.1. The van der Waals surface area contributed by atoms with Crippen LogP contribution in [-0.4, -0.2) is 12.5 Å². The quantitative estimate of drug-likeness (QED) is 0.764. The molecule has 0 bridgehead atoms. The summed E-state index contributed by atoms with van der Waals surface area (Å²) in [5, 5.41) is 6.96. The summed E-state index contributed by atoms with van der Waals surface area (Å²) in [5.74, 6) is -0.170. The third-order valence-electron chi connectivity index (χ3n) is 2.84. The first-order valence-electron chi connectivity index (χ1n) is 6.20. The average molecular weight is 388 g/mol. The van der Waals surface area contributed by atoms with Crippen molar-refractivity contribution in [1.82, 2.24) is 0 Å². The van der Waals surface area contributed by atoms with E-state index in [2.05, 4.69) is 26.6 Å². The van der Waals surface area contributed by atoms with Crippen molar-refractivity contribution in [3.63, 3.8) is 0 Å². The number of hydrogen-bond acceptors (Lipinski definition) is 2. The largest absolute Gasteiger partial charge is 0.375 e. The number of hydrogen-bond donors (Lipinski definition) is 2. The highest BCUT2D eigenvalue weighted by molar-refractivity contribution is 9.10. The fourth-order valence-electron chi connectivity index (χ4n) is 1.73. The molecule has 3 nitrogen and oxygen atoms in total. The number of carbonyl (C=O) groups is 1. The first-order valence-corrected chi connectivity index (χ1v) is 7.75. The fourth-order valence-corrected chi connectivity index (χ4v) is 2.45. The molecule has 0 saturated carbocycles. The number of aryl methyl sites for hydroxylation is 1. The lowest BCUT2D eigenvalue weighted by molar-refractivity contribution is -0.114. The Morgan fingerprint density at radius 1 is 1.14 bits per heavy atom. The van der Waals surface area contributed by atoms with E-state index in [1.807, 2.05) is 25.1 Å². The van der Waals surface area contributed by atoms with Gasteiger partial charge in [-0.1, -0.05) is 45.2 Å². The number of benzene rings is 2. The van der Waals surface area contributed by atoms with E-state index in [0.29, 0.717) is 21.4 Å². The highest BCUT2D eigenvalue weighted by atomic mass is 79.9. The summed E-state index contributed by atoms with van der Waals surface area (Å²) in [6, 6.07) is 10.8. The second-order valence-corrected chi connectivity index (χ2v) is 6.24. The minimum Gasteiger partial charge on any atom is -0.375 e. The highest BCUT2D eigenvalue weighted by Crippen LogP contribution is 2.25. The molecule has 0 aliphatic rings. The van der Waals surface area contributed by atoms with Crippen molar-refractivity contribution < 1.29 is 4.79 Å². The van der Waals surface area contributed by atoms with Gasteiger partial charge in [-0.3, -0.25) is 4.79 Å². The number of anilines is 2. The molecule has 2 rings (SSSR count). The van der Waals surface area contributed by atoms with E-state index in [-0.39, 0.29) is 12.5 Å². The monoisotopic (exact) mass is 386 g/mol. The molecule has 0 heterocycles. The summed E-state index contributed by atoms with van der Waals surface area (Å²) in [4.78, 5) is 12.0. The lowest BCUT2D eigenvalue weighted by Gasteiger charge is -2.11. The van der Waals surface area contributed by atoms with Crippen LogP contribution in [0.3, 0.4) is 0 Å². The van der Waals surface area contributed by atoms with Gasteiger partial charge in [-0.15, -0.1) is 0 Å². The SMILES string of the molecule is Cc1ccc(Cl)cc1NC(=O)CNc1cc(Br)ccc1Cl. The predicted octanol–water partition coefficient (Wildman–Crippen LogP) is 5.11. The van der Waals surface area contributed by atoms with Crippen LogP contribution in [0.4, 0.5) is 11.4 Å². The van der Waals surface area contributed by atoms with E-state index < -0.39 is 0 Å².